The van der Waals surface area contributed by atoms with Gasteiger partial charge in [0.25, 0.3) is 0 Å². The molecule has 0 amide bonds. The Morgan fingerprint density at radius 3 is 2.71 bits per heavy atom. The van der Waals surface area contributed by atoms with E-state index in [2.05, 4.69) is 29.5 Å². The number of aliphatic imine (C=N–C) groups is 1. The van der Waals surface area contributed by atoms with Crippen molar-refractivity contribution >= 4 is 29.9 Å². The Labute approximate surface area is 122 Å². The second kappa shape index (κ2) is 9.94. The van der Waals surface area contributed by atoms with Crippen LogP contribution in [0.5, 0.6) is 0 Å². The van der Waals surface area contributed by atoms with Crippen molar-refractivity contribution in [2.75, 3.05) is 26.8 Å². The van der Waals surface area contributed by atoms with E-state index in [9.17, 15) is 0 Å². The van der Waals surface area contributed by atoms with Crippen molar-refractivity contribution < 1.29 is 4.74 Å². The van der Waals surface area contributed by atoms with Crippen molar-refractivity contribution in [2.24, 2.45) is 10.9 Å². The lowest BCUT2D eigenvalue weighted by Gasteiger charge is -2.16. The first-order valence-corrected chi connectivity index (χ1v) is 6.30. The molecule has 2 N–H and O–H groups in total. The summed E-state index contributed by atoms with van der Waals surface area (Å²) in [6.45, 7) is 6.71. The molecule has 5 heteroatoms. The fourth-order valence-electron chi connectivity index (χ4n) is 1.61. The van der Waals surface area contributed by atoms with Crippen LogP contribution in [-0.4, -0.2) is 38.8 Å². The van der Waals surface area contributed by atoms with Crippen LogP contribution >= 0.6 is 24.0 Å². The minimum atomic E-state index is 0. The smallest absolute Gasteiger partial charge is 0.191 e. The van der Waals surface area contributed by atoms with Crippen LogP contribution in [0, 0.1) is 5.92 Å². The zero-order valence-corrected chi connectivity index (χ0v) is 13.5. The van der Waals surface area contributed by atoms with Crippen LogP contribution in [0.25, 0.3) is 0 Å². The lowest BCUT2D eigenvalue weighted by atomic mass is 10.3. The molecule has 0 saturated heterocycles. The van der Waals surface area contributed by atoms with Gasteiger partial charge in [-0.1, -0.05) is 12.8 Å². The van der Waals surface area contributed by atoms with Crippen molar-refractivity contribution in [3.63, 3.8) is 0 Å². The van der Waals surface area contributed by atoms with Crippen LogP contribution in [0.1, 0.15) is 33.1 Å². The molecule has 0 radical (unpaired) electrons. The average Bonchev–Trinajstić information content (AvgIpc) is 3.02. The van der Waals surface area contributed by atoms with Crippen LogP contribution in [0.3, 0.4) is 0 Å². The molecule has 0 heterocycles. The third-order valence-electron chi connectivity index (χ3n) is 2.65. The van der Waals surface area contributed by atoms with E-state index in [-0.39, 0.29) is 24.0 Å². The SMILES string of the molecule is CCNC(=NCCC1CC1)NC(C)COC.I. The van der Waals surface area contributed by atoms with Gasteiger partial charge in [0.1, 0.15) is 0 Å². The van der Waals surface area contributed by atoms with E-state index in [0.29, 0.717) is 12.6 Å². The van der Waals surface area contributed by atoms with E-state index < -0.39 is 0 Å². The quantitative estimate of drug-likeness (QED) is 0.417. The summed E-state index contributed by atoms with van der Waals surface area (Å²) < 4.78 is 5.09. The molecule has 1 atom stereocenters. The minimum Gasteiger partial charge on any atom is -0.383 e. The molecule has 0 aromatic carbocycles. The van der Waals surface area contributed by atoms with Gasteiger partial charge in [0.15, 0.2) is 5.96 Å². The molecule has 1 rings (SSSR count). The van der Waals surface area contributed by atoms with Crippen molar-refractivity contribution in [1.29, 1.82) is 0 Å². The summed E-state index contributed by atoms with van der Waals surface area (Å²) in [6.07, 6.45) is 4.04. The summed E-state index contributed by atoms with van der Waals surface area (Å²) in [6, 6.07) is 0.295. The van der Waals surface area contributed by atoms with E-state index in [0.717, 1.165) is 25.0 Å². The summed E-state index contributed by atoms with van der Waals surface area (Å²) in [5.74, 6) is 1.86. The van der Waals surface area contributed by atoms with Gasteiger partial charge in [-0.2, -0.15) is 0 Å². The topological polar surface area (TPSA) is 45.7 Å². The van der Waals surface area contributed by atoms with E-state index in [4.69, 9.17) is 4.74 Å². The number of halogens is 1. The molecule has 0 bridgehead atoms. The average molecular weight is 355 g/mol. The third kappa shape index (κ3) is 8.65. The standard InChI is InChI=1S/C12H25N3O.HI/c1-4-13-12(15-10(2)9-16-3)14-8-7-11-5-6-11;/h10-11H,4-9H2,1-3H3,(H2,13,14,15);1H. The molecule has 1 aliphatic carbocycles. The molecular formula is C12H26IN3O. The largest absolute Gasteiger partial charge is 0.383 e. The molecule has 0 aliphatic heterocycles. The number of guanidine groups is 1. The Hall–Kier alpha value is -0.0400. The number of hydrogen-bond acceptors (Lipinski definition) is 2. The second-order valence-electron chi connectivity index (χ2n) is 4.49. The zero-order valence-electron chi connectivity index (χ0n) is 11.2. The summed E-state index contributed by atoms with van der Waals surface area (Å²) >= 11 is 0. The maximum atomic E-state index is 5.09. The van der Waals surface area contributed by atoms with Crippen LogP contribution in [0.4, 0.5) is 0 Å². The predicted molar refractivity (Wildman–Crippen MR) is 83.2 cm³/mol. The lowest BCUT2D eigenvalue weighted by Crippen LogP contribution is -2.44. The number of ether oxygens (including phenoxy) is 1. The first-order chi connectivity index (χ1) is 7.76. The van der Waals surface area contributed by atoms with Crippen molar-refractivity contribution in [3.05, 3.63) is 0 Å². The van der Waals surface area contributed by atoms with Crippen LogP contribution in [0.2, 0.25) is 0 Å². The van der Waals surface area contributed by atoms with E-state index in [1.807, 2.05) is 0 Å². The fraction of sp³-hybridized carbons (Fsp3) is 0.917. The molecule has 17 heavy (non-hydrogen) atoms. The first-order valence-electron chi connectivity index (χ1n) is 6.30. The Kier molecular flexibility index (Phi) is 9.91. The van der Waals surface area contributed by atoms with Gasteiger partial charge < -0.3 is 15.4 Å². The van der Waals surface area contributed by atoms with Crippen LogP contribution in [0.15, 0.2) is 4.99 Å². The highest BCUT2D eigenvalue weighted by atomic mass is 127. The van der Waals surface area contributed by atoms with E-state index in [1.165, 1.54) is 19.3 Å². The van der Waals surface area contributed by atoms with E-state index >= 15 is 0 Å². The van der Waals surface area contributed by atoms with Crippen molar-refractivity contribution in [1.82, 2.24) is 10.6 Å². The highest BCUT2D eigenvalue weighted by molar-refractivity contribution is 14.0. The Morgan fingerprint density at radius 2 is 2.18 bits per heavy atom. The summed E-state index contributed by atoms with van der Waals surface area (Å²) in [5, 5.41) is 6.58. The second-order valence-corrected chi connectivity index (χ2v) is 4.49. The lowest BCUT2D eigenvalue weighted by molar-refractivity contribution is 0.179. The third-order valence-corrected chi connectivity index (χ3v) is 2.65. The number of nitrogens with one attached hydrogen (secondary N) is 2. The normalized spacial score (nSPS) is 17.2. The van der Waals surface area contributed by atoms with Gasteiger partial charge >= 0.3 is 0 Å². The Morgan fingerprint density at radius 1 is 1.47 bits per heavy atom. The number of methoxy groups -OCH3 is 1. The molecule has 0 aromatic rings. The highest BCUT2D eigenvalue weighted by Gasteiger charge is 2.20. The summed E-state index contributed by atoms with van der Waals surface area (Å²) in [7, 11) is 1.72. The summed E-state index contributed by atoms with van der Waals surface area (Å²) in [5.41, 5.74) is 0. The predicted octanol–water partition coefficient (Wildman–Crippen LogP) is 1.99. The molecule has 1 fully saturated rings. The monoisotopic (exact) mass is 355 g/mol. The number of nitrogens with zero attached hydrogens (tertiary/aromatic N) is 1. The molecule has 4 nitrogen and oxygen atoms in total. The van der Waals surface area contributed by atoms with Gasteiger partial charge in [-0.05, 0) is 26.2 Å². The van der Waals surface area contributed by atoms with Gasteiger partial charge in [-0.25, -0.2) is 0 Å². The maximum Gasteiger partial charge on any atom is 0.191 e. The molecule has 1 aliphatic rings. The van der Waals surface area contributed by atoms with Gasteiger partial charge in [-0.15, -0.1) is 24.0 Å². The Balaban J connectivity index is 0.00000256. The maximum absolute atomic E-state index is 5.09. The van der Waals surface area contributed by atoms with Crippen LogP contribution < -0.4 is 10.6 Å². The number of hydrogen-bond donors (Lipinski definition) is 2. The molecular weight excluding hydrogens is 329 g/mol. The van der Waals surface area contributed by atoms with Crippen LogP contribution in [-0.2, 0) is 4.74 Å². The minimum absolute atomic E-state index is 0. The molecule has 1 unspecified atom stereocenters. The van der Waals surface area contributed by atoms with Crippen molar-refractivity contribution in [2.45, 2.75) is 39.2 Å². The zero-order chi connectivity index (χ0) is 11.8. The molecule has 1 saturated carbocycles. The first kappa shape index (κ1) is 17.0. The van der Waals surface area contributed by atoms with Crippen molar-refractivity contribution in [3.8, 4) is 0 Å². The van der Waals surface area contributed by atoms with Gasteiger partial charge in [0.2, 0.25) is 0 Å². The number of rotatable bonds is 7. The fourth-order valence-corrected chi connectivity index (χ4v) is 1.61. The van der Waals surface area contributed by atoms with E-state index in [1.54, 1.807) is 7.11 Å². The summed E-state index contributed by atoms with van der Waals surface area (Å²) in [4.78, 5) is 4.55. The Bertz CT molecular complexity index is 220. The molecule has 0 aromatic heterocycles. The highest BCUT2D eigenvalue weighted by Crippen LogP contribution is 2.32. The van der Waals surface area contributed by atoms with Gasteiger partial charge in [0, 0.05) is 26.2 Å². The molecule has 0 spiro atoms. The van der Waals surface area contributed by atoms with Gasteiger partial charge in [-0.3, -0.25) is 4.99 Å². The molecule has 102 valence electrons. The van der Waals surface area contributed by atoms with Gasteiger partial charge in [0.05, 0.1) is 6.61 Å².